The molecule has 0 spiro atoms. The Morgan fingerprint density at radius 2 is 1.93 bits per heavy atom. The lowest BCUT2D eigenvalue weighted by atomic mass is 10.5. The molecule has 0 aromatic heterocycles. The van der Waals surface area contributed by atoms with Crippen LogP contribution in [0.15, 0.2) is 0 Å². The first-order chi connectivity index (χ1) is 6.99. The molecule has 2 heterocycles. The van der Waals surface area contributed by atoms with E-state index < -0.39 is 24.5 Å². The van der Waals surface area contributed by atoms with E-state index in [1.807, 2.05) is 0 Å². The summed E-state index contributed by atoms with van der Waals surface area (Å²) < 4.78 is 55.8. The number of rotatable bonds is 2. The second-order valence-corrected chi connectivity index (χ2v) is 5.66. The van der Waals surface area contributed by atoms with E-state index in [-0.39, 0.29) is 19.8 Å². The summed E-state index contributed by atoms with van der Waals surface area (Å²) in [5.74, 6) is 0. The second kappa shape index (κ2) is 4.10. The first-order valence-corrected chi connectivity index (χ1v) is 6.94. The molecule has 0 amide bonds. The van der Waals surface area contributed by atoms with E-state index in [0.29, 0.717) is 6.42 Å². The zero-order valence-corrected chi connectivity index (χ0v) is 9.24. The molecule has 15 heavy (non-hydrogen) atoms. The van der Waals surface area contributed by atoms with Gasteiger partial charge in [0.15, 0.2) is 0 Å². The normalized spacial score (nSPS) is 34.0. The van der Waals surface area contributed by atoms with Gasteiger partial charge in [0.2, 0.25) is 6.29 Å². The Hall–Kier alpha value is -0.0200. The van der Waals surface area contributed by atoms with E-state index in [1.165, 1.54) is 0 Å². The predicted molar refractivity (Wildman–Crippen MR) is 45.0 cm³/mol. The smallest absolute Gasteiger partial charge is 0.287 e. The molecule has 2 fully saturated rings. The van der Waals surface area contributed by atoms with Gasteiger partial charge in [-0.25, -0.2) is 12.9 Å². The molecule has 2 saturated heterocycles. The number of phosphoric ester groups is 1. The highest BCUT2D eigenvalue weighted by atomic mass is 32.3. The summed E-state index contributed by atoms with van der Waals surface area (Å²) in [6.07, 6.45) is -0.674. The topological polar surface area (TPSA) is 97.4 Å². The maximum atomic E-state index is 11.6. The van der Waals surface area contributed by atoms with E-state index in [9.17, 15) is 13.0 Å². The molecular weight excluding hydrogens is 251 g/mol. The van der Waals surface area contributed by atoms with E-state index >= 15 is 0 Å². The molecule has 1 unspecified atom stereocenters. The van der Waals surface area contributed by atoms with Crippen molar-refractivity contribution in [1.82, 2.24) is 0 Å². The van der Waals surface area contributed by atoms with Gasteiger partial charge in [-0.1, -0.05) is 0 Å². The number of hydrogen-bond acceptors (Lipinski definition) is 8. The van der Waals surface area contributed by atoms with Crippen LogP contribution in [0.3, 0.4) is 0 Å². The van der Waals surface area contributed by atoms with Gasteiger partial charge in [-0.2, -0.15) is 8.42 Å². The van der Waals surface area contributed by atoms with Gasteiger partial charge in [0.1, 0.15) is 6.61 Å². The lowest BCUT2D eigenvalue weighted by molar-refractivity contribution is -0.0268. The highest BCUT2D eigenvalue weighted by Crippen LogP contribution is 2.53. The Labute approximate surface area is 86.3 Å². The van der Waals surface area contributed by atoms with Crippen molar-refractivity contribution in [3.05, 3.63) is 0 Å². The zero-order chi connectivity index (χ0) is 10.9. The molecule has 0 bridgehead atoms. The SMILES string of the molecule is O=P1(OC2COS(=O)(=O)O2)OCCCO1. The lowest BCUT2D eigenvalue weighted by Crippen LogP contribution is -2.18. The van der Waals surface area contributed by atoms with Crippen molar-refractivity contribution < 1.29 is 34.9 Å². The summed E-state index contributed by atoms with van der Waals surface area (Å²) in [6.45, 7) is 0.105. The molecule has 0 aromatic rings. The molecule has 0 N–H and O–H groups in total. The van der Waals surface area contributed by atoms with Crippen LogP contribution in [0.5, 0.6) is 0 Å². The Balaban J connectivity index is 1.94. The van der Waals surface area contributed by atoms with E-state index in [0.717, 1.165) is 0 Å². The first-order valence-electron chi connectivity index (χ1n) is 4.14. The molecule has 2 rings (SSSR count). The van der Waals surface area contributed by atoms with Crippen molar-refractivity contribution in [3.63, 3.8) is 0 Å². The lowest BCUT2D eigenvalue weighted by Gasteiger charge is -2.22. The molecule has 10 heteroatoms. The molecule has 2 aliphatic heterocycles. The van der Waals surface area contributed by atoms with Gasteiger partial charge in [0.05, 0.1) is 13.2 Å². The first kappa shape index (κ1) is 11.5. The van der Waals surface area contributed by atoms with Crippen LogP contribution in [-0.2, 0) is 36.9 Å². The van der Waals surface area contributed by atoms with Crippen molar-refractivity contribution in [2.75, 3.05) is 19.8 Å². The minimum atomic E-state index is -4.03. The molecule has 8 nitrogen and oxygen atoms in total. The third-order valence-corrected chi connectivity index (χ3v) is 3.97. The predicted octanol–water partition coefficient (Wildman–Crippen LogP) is 0.166. The summed E-state index contributed by atoms with van der Waals surface area (Å²) in [7, 11) is -7.72. The van der Waals surface area contributed by atoms with Gasteiger partial charge in [0, 0.05) is 0 Å². The molecule has 0 saturated carbocycles. The third kappa shape index (κ3) is 2.97. The Kier molecular flexibility index (Phi) is 3.13. The van der Waals surface area contributed by atoms with Crippen molar-refractivity contribution in [2.24, 2.45) is 0 Å². The third-order valence-electron chi connectivity index (χ3n) is 1.61. The Morgan fingerprint density at radius 1 is 1.27 bits per heavy atom. The van der Waals surface area contributed by atoms with E-state index in [2.05, 4.69) is 8.37 Å². The summed E-state index contributed by atoms with van der Waals surface area (Å²) in [5, 5.41) is 0. The van der Waals surface area contributed by atoms with E-state index in [4.69, 9.17) is 13.6 Å². The monoisotopic (exact) mass is 260 g/mol. The average molecular weight is 260 g/mol. The van der Waals surface area contributed by atoms with Gasteiger partial charge in [-0.15, -0.1) is 0 Å². The van der Waals surface area contributed by atoms with Crippen molar-refractivity contribution in [1.29, 1.82) is 0 Å². The van der Waals surface area contributed by atoms with Gasteiger partial charge in [-0.3, -0.25) is 13.6 Å². The maximum absolute atomic E-state index is 11.6. The van der Waals surface area contributed by atoms with Crippen molar-refractivity contribution >= 4 is 18.2 Å². The molecule has 1 atom stereocenters. The fourth-order valence-electron chi connectivity index (χ4n) is 1.03. The average Bonchev–Trinajstić information content (AvgIpc) is 2.45. The van der Waals surface area contributed by atoms with Gasteiger partial charge >= 0.3 is 18.2 Å². The van der Waals surface area contributed by atoms with Gasteiger partial charge in [0.25, 0.3) is 0 Å². The Morgan fingerprint density at radius 3 is 2.47 bits per heavy atom. The molecule has 0 aliphatic carbocycles. The van der Waals surface area contributed by atoms with Crippen LogP contribution in [-0.4, -0.2) is 34.5 Å². The number of phosphoric acid groups is 1. The molecule has 0 aromatic carbocycles. The van der Waals surface area contributed by atoms with Crippen molar-refractivity contribution in [3.8, 4) is 0 Å². The van der Waals surface area contributed by atoms with Crippen LogP contribution >= 0.6 is 7.82 Å². The summed E-state index contributed by atoms with van der Waals surface area (Å²) in [4.78, 5) is 0. The molecule has 88 valence electrons. The quantitative estimate of drug-likeness (QED) is 0.648. The minimum absolute atomic E-state index is 0.234. The maximum Gasteiger partial charge on any atom is 0.477 e. The van der Waals surface area contributed by atoms with Gasteiger partial charge < -0.3 is 0 Å². The zero-order valence-electron chi connectivity index (χ0n) is 7.53. The standard InChI is InChI=1S/C5H9O8PS/c6-14(9-2-1-3-10-14)12-5-4-11-15(7,8)13-5/h5H,1-4H2. The van der Waals surface area contributed by atoms with Crippen LogP contribution in [0.25, 0.3) is 0 Å². The summed E-state index contributed by atoms with van der Waals surface area (Å²) in [5.41, 5.74) is 0. The summed E-state index contributed by atoms with van der Waals surface area (Å²) in [6, 6.07) is 0. The molecular formula is C5H9O8PS. The van der Waals surface area contributed by atoms with E-state index in [1.54, 1.807) is 0 Å². The fraction of sp³-hybridized carbons (Fsp3) is 1.00. The second-order valence-electron chi connectivity index (χ2n) is 2.79. The van der Waals surface area contributed by atoms with Crippen LogP contribution in [0, 0.1) is 0 Å². The summed E-state index contributed by atoms with van der Waals surface area (Å²) >= 11 is 0. The van der Waals surface area contributed by atoms with Crippen molar-refractivity contribution in [2.45, 2.75) is 12.7 Å². The molecule has 0 radical (unpaired) electrons. The van der Waals surface area contributed by atoms with Crippen LogP contribution < -0.4 is 0 Å². The number of hydrogen-bond donors (Lipinski definition) is 0. The van der Waals surface area contributed by atoms with Crippen LogP contribution in [0.1, 0.15) is 6.42 Å². The van der Waals surface area contributed by atoms with Crippen LogP contribution in [0.4, 0.5) is 0 Å². The highest BCUT2D eigenvalue weighted by Gasteiger charge is 2.40. The highest BCUT2D eigenvalue weighted by molar-refractivity contribution is 7.82. The van der Waals surface area contributed by atoms with Crippen LogP contribution in [0.2, 0.25) is 0 Å². The molecule has 2 aliphatic rings. The minimum Gasteiger partial charge on any atom is -0.287 e. The largest absolute Gasteiger partial charge is 0.477 e. The Bertz CT molecular complexity index is 366. The van der Waals surface area contributed by atoms with Gasteiger partial charge in [-0.05, 0) is 6.42 Å². The fourth-order valence-corrected chi connectivity index (χ4v) is 3.07.